The van der Waals surface area contributed by atoms with Crippen molar-refractivity contribution in [3.63, 3.8) is 0 Å². The Labute approximate surface area is 417 Å². The van der Waals surface area contributed by atoms with Crippen LogP contribution in [0.15, 0.2) is 48.2 Å². The quantitative estimate of drug-likeness (QED) is 0.0118. The molecule has 2 aromatic carbocycles. The Morgan fingerprint density at radius 3 is 1.82 bits per heavy atom. The number of halogens is 8. The summed E-state index contributed by atoms with van der Waals surface area (Å²) in [4.78, 5) is 42.1. The molecule has 2 aliphatic rings. The first-order chi connectivity index (χ1) is 33.9. The van der Waals surface area contributed by atoms with E-state index in [2.05, 4.69) is 11.9 Å². The van der Waals surface area contributed by atoms with Crippen molar-refractivity contribution >= 4 is 59.5 Å². The van der Waals surface area contributed by atoms with Crippen LogP contribution >= 0.6 is 0 Å². The molecule has 406 valence electrons. The Kier molecular flexibility index (Phi) is 20.6. The molecule has 2 unspecified atom stereocenters. The molecular formula is C46H55F8N3O13S3. The summed E-state index contributed by atoms with van der Waals surface area (Å²) in [6.07, 6.45) is 4.60. The van der Waals surface area contributed by atoms with Crippen LogP contribution in [0, 0.1) is 46.5 Å². The molecule has 2 heterocycles. The van der Waals surface area contributed by atoms with Crippen molar-refractivity contribution in [2.24, 2.45) is 0 Å². The second-order valence-corrected chi connectivity index (χ2v) is 22.6. The Morgan fingerprint density at radius 1 is 0.699 bits per heavy atom. The first-order valence-electron chi connectivity index (χ1n) is 22.8. The van der Waals surface area contributed by atoms with Crippen molar-refractivity contribution in [2.45, 2.75) is 115 Å². The summed E-state index contributed by atoms with van der Waals surface area (Å²) < 4.78 is 219. The number of carbonyl (C=O) groups excluding carboxylic acids is 3. The highest BCUT2D eigenvalue weighted by Gasteiger charge is 2.49. The SMILES string of the molecule is C=C(C=CC=CC=C1N(CCCCS(=O)(=O)O)c2c(F)c(F)c(F)c(F)c2C1(C)CCCCCC(=O)ON1C(=O)CCC1=O)C(C)(CCCCS(=O)(=O)O)c1c(F)c(F)c(F)c(F)c1NCCCCS(=O)(=O)O. The maximum absolute atomic E-state index is 16.0. The number of rotatable bonds is 28. The molecule has 0 radical (unpaired) electrons. The minimum absolute atomic E-state index is 0.0152. The molecule has 0 aliphatic carbocycles. The van der Waals surface area contributed by atoms with Crippen molar-refractivity contribution < 1.29 is 93.3 Å². The Balaban J connectivity index is 1.74. The van der Waals surface area contributed by atoms with Crippen molar-refractivity contribution in [3.05, 3.63) is 106 Å². The Morgan fingerprint density at radius 2 is 1.23 bits per heavy atom. The van der Waals surface area contributed by atoms with Crippen molar-refractivity contribution in [3.8, 4) is 0 Å². The normalized spacial score (nSPS) is 17.9. The zero-order chi connectivity index (χ0) is 54.9. The third kappa shape index (κ3) is 15.4. The highest BCUT2D eigenvalue weighted by Crippen LogP contribution is 2.54. The molecule has 2 aromatic rings. The fraction of sp³-hybridized carbons (Fsp3) is 0.500. The molecule has 73 heavy (non-hydrogen) atoms. The number of unbranched alkanes of at least 4 members (excludes halogenated alkanes) is 5. The summed E-state index contributed by atoms with van der Waals surface area (Å²) in [5.74, 6) is -20.5. The number of imide groups is 1. The van der Waals surface area contributed by atoms with Gasteiger partial charge in [-0.1, -0.05) is 57.1 Å². The average Bonchev–Trinajstić information content (AvgIpc) is 3.74. The van der Waals surface area contributed by atoms with Gasteiger partial charge in [-0.15, -0.1) is 5.06 Å². The fourth-order valence-corrected chi connectivity index (χ4v) is 10.4. The number of allylic oxidation sites excluding steroid dienone is 7. The second-order valence-electron chi connectivity index (χ2n) is 17.9. The van der Waals surface area contributed by atoms with Gasteiger partial charge in [-0.3, -0.25) is 23.2 Å². The molecule has 0 bridgehead atoms. The molecule has 2 aliphatic heterocycles. The molecule has 0 spiro atoms. The molecule has 16 nitrogen and oxygen atoms in total. The first kappa shape index (κ1) is 60.3. The van der Waals surface area contributed by atoms with Crippen LogP contribution in [0.1, 0.15) is 115 Å². The smallest absolute Gasteiger partial charge is 0.333 e. The highest BCUT2D eigenvalue weighted by molar-refractivity contribution is 7.86. The Hall–Kier alpha value is -5.22. The van der Waals surface area contributed by atoms with Crippen LogP contribution in [0.5, 0.6) is 0 Å². The lowest BCUT2D eigenvalue weighted by molar-refractivity contribution is -0.197. The number of carbonyl (C=O) groups is 3. The topological polar surface area (TPSA) is 242 Å². The van der Waals surface area contributed by atoms with Crippen molar-refractivity contribution in [1.82, 2.24) is 5.06 Å². The van der Waals surface area contributed by atoms with E-state index in [1.54, 1.807) is 0 Å². The predicted molar refractivity (Wildman–Crippen MR) is 250 cm³/mol. The zero-order valence-electron chi connectivity index (χ0n) is 39.6. The summed E-state index contributed by atoms with van der Waals surface area (Å²) in [5.41, 5.74) is -6.77. The van der Waals surface area contributed by atoms with Crippen LogP contribution in [0.25, 0.3) is 0 Å². The first-order valence-corrected chi connectivity index (χ1v) is 27.6. The third-order valence-electron chi connectivity index (χ3n) is 12.5. The zero-order valence-corrected chi connectivity index (χ0v) is 42.0. The summed E-state index contributed by atoms with van der Waals surface area (Å²) in [6.45, 7) is 5.89. The number of fused-ring (bicyclic) bond motifs is 1. The van der Waals surface area contributed by atoms with Crippen LogP contribution in [0.4, 0.5) is 46.5 Å². The minimum Gasteiger partial charge on any atom is -0.382 e. The second kappa shape index (κ2) is 24.9. The lowest BCUT2D eigenvalue weighted by Crippen LogP contribution is -2.32. The van der Waals surface area contributed by atoms with Gasteiger partial charge in [-0.2, -0.15) is 25.3 Å². The monoisotopic (exact) mass is 1110 g/mol. The molecule has 1 fully saturated rings. The van der Waals surface area contributed by atoms with Gasteiger partial charge in [0.15, 0.2) is 46.5 Å². The van der Waals surface area contributed by atoms with Gasteiger partial charge < -0.3 is 15.1 Å². The van der Waals surface area contributed by atoms with Crippen LogP contribution in [-0.2, 0) is 60.4 Å². The number of hydroxylamine groups is 2. The number of hydrogen-bond acceptors (Lipinski definition) is 12. The summed E-state index contributed by atoms with van der Waals surface area (Å²) in [5, 5.41) is 2.82. The van der Waals surface area contributed by atoms with E-state index >= 15 is 26.3 Å². The van der Waals surface area contributed by atoms with E-state index in [4.69, 9.17) is 9.39 Å². The van der Waals surface area contributed by atoms with Gasteiger partial charge in [-0.25, -0.2) is 39.9 Å². The molecule has 2 atom stereocenters. The molecule has 4 rings (SSSR count). The van der Waals surface area contributed by atoms with Gasteiger partial charge in [0.1, 0.15) is 0 Å². The third-order valence-corrected chi connectivity index (χ3v) is 14.9. The largest absolute Gasteiger partial charge is 0.382 e. The molecule has 4 N–H and O–H groups in total. The maximum atomic E-state index is 16.0. The van der Waals surface area contributed by atoms with E-state index in [9.17, 15) is 57.5 Å². The fourth-order valence-electron chi connectivity index (χ4n) is 8.68. The molecule has 0 saturated carbocycles. The molecule has 1 saturated heterocycles. The number of anilines is 2. The van der Waals surface area contributed by atoms with Gasteiger partial charge in [0.25, 0.3) is 42.2 Å². The van der Waals surface area contributed by atoms with Gasteiger partial charge in [0.2, 0.25) is 0 Å². The van der Waals surface area contributed by atoms with Crippen LogP contribution in [-0.4, -0.2) is 92.1 Å². The van der Waals surface area contributed by atoms with Crippen LogP contribution < -0.4 is 10.2 Å². The number of benzene rings is 2. The highest BCUT2D eigenvalue weighted by atomic mass is 32.2. The summed E-state index contributed by atoms with van der Waals surface area (Å²) in [7, 11) is -13.4. The minimum atomic E-state index is -4.51. The number of nitrogens with one attached hydrogen (secondary N) is 1. The van der Waals surface area contributed by atoms with E-state index in [1.807, 2.05) is 0 Å². The van der Waals surface area contributed by atoms with Gasteiger partial charge in [-0.05, 0) is 69.9 Å². The maximum Gasteiger partial charge on any atom is 0.333 e. The molecular weight excluding hydrogens is 1050 g/mol. The van der Waals surface area contributed by atoms with E-state index in [1.165, 1.54) is 44.2 Å². The van der Waals surface area contributed by atoms with E-state index in [-0.39, 0.29) is 114 Å². The average molecular weight is 1110 g/mol. The van der Waals surface area contributed by atoms with E-state index in [0.29, 0.717) is 5.06 Å². The number of hydrogen-bond donors (Lipinski definition) is 4. The van der Waals surface area contributed by atoms with Crippen LogP contribution in [0.3, 0.4) is 0 Å². The summed E-state index contributed by atoms with van der Waals surface area (Å²) in [6, 6.07) is 0. The standard InChI is InChI=1S/C46H55F8N3O13S3/c1-28(45(2,21-10-13-25-71(61,62)63)33-35(47)37(49)39(51)41(53)43(33)55-23-11-14-26-72(64,65)66)16-6-4-7-17-29-46(3,22-9-5-8-18-32(60)70-57-30(58)19-20-31(57)59)34-36(48)38(50)40(52)42(54)44(34)56(29)24-12-15-27-73(67,68)69/h4,6-7,16-17,55H,1,5,8-15,18-27H2,2-3H3,(H,61,62,63)(H,64,65,66)(H,67,68,69). The molecule has 0 aromatic heterocycles. The number of nitrogens with zero attached hydrogens (tertiary/aromatic N) is 2. The Bertz CT molecular complexity index is 2890. The van der Waals surface area contributed by atoms with Crippen molar-refractivity contribution in [1.29, 1.82) is 0 Å². The number of amides is 2. The molecule has 2 amide bonds. The van der Waals surface area contributed by atoms with E-state index in [0.717, 1.165) is 4.90 Å². The predicted octanol–water partition coefficient (Wildman–Crippen LogP) is 8.75. The summed E-state index contributed by atoms with van der Waals surface area (Å²) >= 11 is 0. The van der Waals surface area contributed by atoms with Crippen molar-refractivity contribution in [2.75, 3.05) is 40.6 Å². The molecule has 27 heteroatoms. The lowest BCUT2D eigenvalue weighted by Gasteiger charge is -2.34. The van der Waals surface area contributed by atoms with E-state index < -0.39 is 145 Å². The van der Waals surface area contributed by atoms with Gasteiger partial charge in [0.05, 0.1) is 28.6 Å². The van der Waals surface area contributed by atoms with Gasteiger partial charge >= 0.3 is 5.97 Å². The van der Waals surface area contributed by atoms with Gasteiger partial charge in [0, 0.05) is 60.0 Å². The lowest BCUT2D eigenvalue weighted by atomic mass is 9.71. The van der Waals surface area contributed by atoms with Crippen LogP contribution in [0.2, 0.25) is 0 Å².